The van der Waals surface area contributed by atoms with Crippen LogP contribution in [0.3, 0.4) is 0 Å². The van der Waals surface area contributed by atoms with E-state index in [0.29, 0.717) is 30.2 Å². The molecule has 0 radical (unpaired) electrons. The molecule has 2 aromatic heterocycles. The molecule has 3 aromatic rings. The summed E-state index contributed by atoms with van der Waals surface area (Å²) in [5, 5.41) is 2.77. The molecule has 2 amide bonds. The molecule has 3 aliphatic heterocycles. The zero-order chi connectivity index (χ0) is 37.0. The highest BCUT2D eigenvalue weighted by molar-refractivity contribution is 7.92. The number of rotatable bonds is 6. The van der Waals surface area contributed by atoms with E-state index in [1.165, 1.54) is 24.8 Å². The summed E-state index contributed by atoms with van der Waals surface area (Å²) < 4.78 is 37.8. The summed E-state index contributed by atoms with van der Waals surface area (Å²) in [4.78, 5) is 38.0. The summed E-state index contributed by atoms with van der Waals surface area (Å²) in [6.45, 7) is 8.11. The zero-order valence-electron chi connectivity index (χ0n) is 31.3. The van der Waals surface area contributed by atoms with Crippen LogP contribution in [-0.2, 0) is 31.6 Å². The number of allylic oxidation sites excluding steroid dienone is 4. The number of ether oxygens (including phenoxy) is 1. The summed E-state index contributed by atoms with van der Waals surface area (Å²) in [6.07, 6.45) is 12.7. The number of nitrogens with zero attached hydrogens (tertiary/aromatic N) is 4. The molecular weight excluding hydrogens is 707 g/mol. The lowest BCUT2D eigenvalue weighted by Crippen LogP contribution is -2.56. The highest BCUT2D eigenvalue weighted by Crippen LogP contribution is 2.56. The number of hydrogen-bond acceptors (Lipinski definition) is 8. The van der Waals surface area contributed by atoms with Gasteiger partial charge in [-0.25, -0.2) is 9.71 Å². The minimum absolute atomic E-state index is 0.120. The van der Waals surface area contributed by atoms with Gasteiger partial charge in [0.15, 0.2) is 0 Å². The molecule has 3 aliphatic carbocycles. The van der Waals surface area contributed by atoms with E-state index in [1.807, 2.05) is 20.8 Å². The van der Waals surface area contributed by atoms with Gasteiger partial charge < -0.3 is 19.1 Å². The Morgan fingerprint density at radius 2 is 1.77 bits per heavy atom. The van der Waals surface area contributed by atoms with Gasteiger partial charge in [-0.1, -0.05) is 58.3 Å². The molecule has 0 spiro atoms. The standard InChI is InChI=1S/C41H49N5O5S2/c1-41(2,3)33-22-52-40(42-33)53(49,50)43-38(47)36-30-21-45-31(18-29-32(51-5)17-16-26(37(29)45)23-10-7-6-8-11-23)34-27(35(30)36)12-9-13-28(34)39(48)46-24-14-15-25(46)20-44(4)19-24/h9,12,16-18,22-25,28,34H,6-8,10-11,13-15,19-21H2,1-5H3,(H,43,47)/t24?,25?,28-,34?/m1/s1. The number of hydrogen-bond donors (Lipinski definition) is 1. The Morgan fingerprint density at radius 1 is 1.04 bits per heavy atom. The van der Waals surface area contributed by atoms with E-state index in [-0.39, 0.29) is 39.6 Å². The molecule has 6 aliphatic rings. The molecule has 53 heavy (non-hydrogen) atoms. The Labute approximate surface area is 316 Å². The number of thiazole rings is 1. The van der Waals surface area contributed by atoms with Crippen molar-refractivity contribution in [3.8, 4) is 5.75 Å². The largest absolute Gasteiger partial charge is 0.496 e. The number of piperazine rings is 1. The number of aromatic nitrogens is 2. The Morgan fingerprint density at radius 3 is 2.45 bits per heavy atom. The fourth-order valence-electron chi connectivity index (χ4n) is 10.1. The molecular formula is C41H49N5O5S2. The first kappa shape index (κ1) is 35.0. The second-order valence-corrected chi connectivity index (χ2v) is 19.8. The average molecular weight is 756 g/mol. The van der Waals surface area contributed by atoms with Crippen LogP contribution in [-0.4, -0.2) is 78.9 Å². The third kappa shape index (κ3) is 5.73. The average Bonchev–Trinajstić information content (AvgIpc) is 3.36. The maximum absolute atomic E-state index is 14.9. The van der Waals surface area contributed by atoms with Crippen LogP contribution in [0.15, 0.2) is 62.4 Å². The number of methoxy groups -OCH3 is 1. The lowest BCUT2D eigenvalue weighted by Gasteiger charge is -2.43. The molecule has 10 nitrogen and oxygen atoms in total. The van der Waals surface area contributed by atoms with Crippen molar-refractivity contribution in [1.82, 2.24) is 24.1 Å². The highest BCUT2D eigenvalue weighted by atomic mass is 32.2. The topological polar surface area (TPSA) is 114 Å². The third-order valence-electron chi connectivity index (χ3n) is 12.7. The van der Waals surface area contributed by atoms with Crippen LogP contribution in [0.1, 0.15) is 101 Å². The summed E-state index contributed by atoms with van der Waals surface area (Å²) in [5.41, 5.74) is 6.77. The smallest absolute Gasteiger partial charge is 0.291 e. The van der Waals surface area contributed by atoms with Gasteiger partial charge in [0.2, 0.25) is 10.2 Å². The minimum Gasteiger partial charge on any atom is -0.496 e. The molecule has 2 saturated heterocycles. The molecule has 5 heterocycles. The van der Waals surface area contributed by atoms with Gasteiger partial charge in [0, 0.05) is 59.5 Å². The Balaban J connectivity index is 1.17. The Bertz CT molecular complexity index is 2240. The van der Waals surface area contributed by atoms with E-state index >= 15 is 0 Å². The molecule has 3 fully saturated rings. The summed E-state index contributed by atoms with van der Waals surface area (Å²) in [5.74, 6) is 0.103. The van der Waals surface area contributed by atoms with Gasteiger partial charge in [-0.05, 0) is 79.5 Å². The van der Waals surface area contributed by atoms with Crippen LogP contribution in [0, 0.1) is 5.92 Å². The lowest BCUT2D eigenvalue weighted by molar-refractivity contribution is -0.141. The number of amides is 2. The van der Waals surface area contributed by atoms with Crippen LogP contribution < -0.4 is 9.46 Å². The van der Waals surface area contributed by atoms with Crippen molar-refractivity contribution in [2.75, 3.05) is 27.2 Å². The normalized spacial score (nSPS) is 26.0. The fourth-order valence-corrected chi connectivity index (χ4v) is 12.3. The number of nitrogens with one attached hydrogen (secondary N) is 1. The number of sulfonamides is 1. The fraction of sp³-hybridized carbons (Fsp3) is 0.537. The summed E-state index contributed by atoms with van der Waals surface area (Å²) in [7, 11) is -0.352. The first-order valence-electron chi connectivity index (χ1n) is 19.2. The predicted molar refractivity (Wildman–Crippen MR) is 206 cm³/mol. The first-order valence-corrected chi connectivity index (χ1v) is 21.6. The number of likely N-dealkylation sites (N-methyl/N-ethyl adjacent to an activating group) is 1. The summed E-state index contributed by atoms with van der Waals surface area (Å²) >= 11 is 1.02. The van der Waals surface area contributed by atoms with Gasteiger partial charge in [0.1, 0.15) is 5.75 Å². The quantitative estimate of drug-likeness (QED) is 0.304. The molecule has 4 atom stereocenters. The highest BCUT2D eigenvalue weighted by Gasteiger charge is 2.51. The minimum atomic E-state index is -4.20. The van der Waals surface area contributed by atoms with Crippen molar-refractivity contribution >= 4 is 44.1 Å². The van der Waals surface area contributed by atoms with E-state index in [4.69, 9.17) is 4.74 Å². The Kier molecular flexibility index (Phi) is 8.36. The number of fused-ring (bicyclic) bond motifs is 8. The molecule has 2 bridgehead atoms. The molecule has 3 unspecified atom stereocenters. The molecule has 1 saturated carbocycles. The molecule has 12 heteroatoms. The van der Waals surface area contributed by atoms with Crippen LogP contribution in [0.25, 0.3) is 10.9 Å². The van der Waals surface area contributed by atoms with Crippen LogP contribution in [0.5, 0.6) is 5.75 Å². The van der Waals surface area contributed by atoms with Crippen molar-refractivity contribution in [2.45, 2.75) is 112 Å². The second-order valence-electron chi connectivity index (χ2n) is 17.1. The summed E-state index contributed by atoms with van der Waals surface area (Å²) in [6, 6.07) is 6.96. The Hall–Kier alpha value is -3.74. The van der Waals surface area contributed by atoms with Crippen molar-refractivity contribution in [3.05, 3.63) is 75.0 Å². The van der Waals surface area contributed by atoms with Crippen LogP contribution in [0.4, 0.5) is 0 Å². The van der Waals surface area contributed by atoms with Crippen molar-refractivity contribution in [2.24, 2.45) is 5.92 Å². The van der Waals surface area contributed by atoms with Crippen LogP contribution in [0.2, 0.25) is 0 Å². The number of benzene rings is 1. The van der Waals surface area contributed by atoms with E-state index in [2.05, 4.69) is 61.5 Å². The third-order valence-corrected chi connectivity index (χ3v) is 15.2. The van der Waals surface area contributed by atoms with Gasteiger partial charge >= 0.3 is 0 Å². The van der Waals surface area contributed by atoms with Crippen molar-refractivity contribution in [3.63, 3.8) is 0 Å². The predicted octanol–water partition coefficient (Wildman–Crippen LogP) is 6.54. The van der Waals surface area contributed by atoms with Gasteiger partial charge in [0.25, 0.3) is 15.9 Å². The van der Waals surface area contributed by atoms with Gasteiger partial charge in [-0.2, -0.15) is 8.42 Å². The van der Waals surface area contributed by atoms with E-state index in [0.717, 1.165) is 89.2 Å². The lowest BCUT2D eigenvalue weighted by atomic mass is 9.75. The van der Waals surface area contributed by atoms with Gasteiger partial charge in [0.05, 0.1) is 29.8 Å². The van der Waals surface area contributed by atoms with E-state index in [1.54, 1.807) is 12.5 Å². The number of carbonyl (C=O) groups excluding carboxylic acids is 2. The number of likely N-dealkylation sites (tertiary alicyclic amines) is 1. The molecule has 1 N–H and O–H groups in total. The van der Waals surface area contributed by atoms with Crippen molar-refractivity contribution < 1.29 is 22.7 Å². The van der Waals surface area contributed by atoms with Gasteiger partial charge in [-0.15, -0.1) is 11.3 Å². The van der Waals surface area contributed by atoms with Crippen molar-refractivity contribution in [1.29, 1.82) is 0 Å². The molecule has 9 rings (SSSR count). The number of carbonyl (C=O) groups is 2. The molecule has 280 valence electrons. The van der Waals surface area contributed by atoms with Crippen LogP contribution >= 0.6 is 11.3 Å². The zero-order valence-corrected chi connectivity index (χ0v) is 32.9. The second kappa shape index (κ2) is 12.7. The monoisotopic (exact) mass is 755 g/mol. The van der Waals surface area contributed by atoms with E-state index in [9.17, 15) is 18.0 Å². The maximum atomic E-state index is 14.9. The SMILES string of the molecule is COc1ccc(C2CCCCC2)c2c1cc1n2CC2=C(C(=O)NS(=O)(=O)c3nc(C(C)(C)C)cs3)C2=C2C=CC[C@@H](C(=O)N3C4CCC3CN(C)C4)C21. The molecule has 1 aromatic carbocycles. The van der Waals surface area contributed by atoms with Gasteiger partial charge in [-0.3, -0.25) is 9.59 Å². The maximum Gasteiger partial charge on any atom is 0.291 e. The van der Waals surface area contributed by atoms with E-state index < -0.39 is 15.9 Å². The first-order chi connectivity index (χ1) is 25.4.